The van der Waals surface area contributed by atoms with Crippen molar-refractivity contribution < 1.29 is 19.4 Å². The summed E-state index contributed by atoms with van der Waals surface area (Å²) in [5, 5.41) is 13.5. The average molecular weight is 376 g/mol. The number of nitrogens with one attached hydrogen (secondary N) is 1. The molecule has 0 fully saturated rings. The van der Waals surface area contributed by atoms with Crippen LogP contribution in [-0.2, 0) is 6.61 Å². The molecule has 6 nitrogen and oxygen atoms in total. The van der Waals surface area contributed by atoms with Crippen LogP contribution in [0.2, 0.25) is 0 Å². The van der Waals surface area contributed by atoms with Crippen molar-refractivity contribution >= 4 is 12.1 Å². The number of hydrogen-bond acceptors (Lipinski definition) is 5. The largest absolute Gasteiger partial charge is 0.504 e. The molecule has 0 aliphatic rings. The summed E-state index contributed by atoms with van der Waals surface area (Å²) in [6.45, 7) is 0.465. The Kier molecular flexibility index (Phi) is 6.25. The van der Waals surface area contributed by atoms with Gasteiger partial charge in [0.2, 0.25) is 0 Å². The van der Waals surface area contributed by atoms with Crippen molar-refractivity contribution in [2.75, 3.05) is 7.11 Å². The highest BCUT2D eigenvalue weighted by Crippen LogP contribution is 2.25. The van der Waals surface area contributed by atoms with Crippen LogP contribution in [0.25, 0.3) is 0 Å². The van der Waals surface area contributed by atoms with Gasteiger partial charge in [-0.1, -0.05) is 30.3 Å². The second-order valence-electron chi connectivity index (χ2n) is 5.93. The van der Waals surface area contributed by atoms with E-state index < -0.39 is 0 Å². The fourth-order valence-electron chi connectivity index (χ4n) is 2.45. The smallest absolute Gasteiger partial charge is 0.271 e. The Morgan fingerprint density at radius 1 is 1.07 bits per heavy atom. The SMILES string of the molecule is COc1cc(/C=N/NC(=O)c2ccc(OCc3ccccc3)cc2)ccc1O. The van der Waals surface area contributed by atoms with E-state index in [1.54, 1.807) is 36.4 Å². The lowest BCUT2D eigenvalue weighted by molar-refractivity contribution is 0.0955. The van der Waals surface area contributed by atoms with Crippen LogP contribution in [0.15, 0.2) is 77.9 Å². The number of phenols is 1. The minimum absolute atomic E-state index is 0.0401. The lowest BCUT2D eigenvalue weighted by atomic mass is 10.2. The van der Waals surface area contributed by atoms with Crippen LogP contribution in [0.1, 0.15) is 21.5 Å². The molecule has 0 aliphatic heterocycles. The van der Waals surface area contributed by atoms with Gasteiger partial charge in [0.1, 0.15) is 12.4 Å². The van der Waals surface area contributed by atoms with Crippen molar-refractivity contribution in [3.8, 4) is 17.2 Å². The van der Waals surface area contributed by atoms with Gasteiger partial charge in [-0.2, -0.15) is 5.10 Å². The maximum atomic E-state index is 12.2. The lowest BCUT2D eigenvalue weighted by Crippen LogP contribution is -2.17. The number of benzene rings is 3. The molecule has 6 heteroatoms. The summed E-state index contributed by atoms with van der Waals surface area (Å²) < 4.78 is 10.7. The number of hydrazone groups is 1. The normalized spacial score (nSPS) is 10.6. The van der Waals surface area contributed by atoms with Gasteiger partial charge >= 0.3 is 0 Å². The van der Waals surface area contributed by atoms with E-state index in [0.29, 0.717) is 29.2 Å². The first-order valence-corrected chi connectivity index (χ1v) is 8.63. The number of rotatable bonds is 7. The molecule has 0 saturated heterocycles. The van der Waals surface area contributed by atoms with Crippen molar-refractivity contribution in [2.24, 2.45) is 5.10 Å². The summed E-state index contributed by atoms with van der Waals surface area (Å²) in [5.41, 5.74) is 4.68. The minimum atomic E-state index is -0.336. The zero-order valence-corrected chi connectivity index (χ0v) is 15.3. The van der Waals surface area contributed by atoms with Crippen LogP contribution >= 0.6 is 0 Å². The number of carbonyl (C=O) groups excluding carboxylic acids is 1. The van der Waals surface area contributed by atoms with E-state index in [4.69, 9.17) is 9.47 Å². The second kappa shape index (κ2) is 9.23. The second-order valence-corrected chi connectivity index (χ2v) is 5.93. The molecule has 2 N–H and O–H groups in total. The maximum absolute atomic E-state index is 12.2. The zero-order chi connectivity index (χ0) is 19.8. The number of aromatic hydroxyl groups is 1. The van der Waals surface area contributed by atoms with Gasteiger partial charge < -0.3 is 14.6 Å². The fourth-order valence-corrected chi connectivity index (χ4v) is 2.45. The first-order chi connectivity index (χ1) is 13.7. The molecule has 142 valence electrons. The third-order valence-electron chi connectivity index (χ3n) is 3.95. The predicted octanol–water partition coefficient (Wildman–Crippen LogP) is 3.74. The van der Waals surface area contributed by atoms with Gasteiger partial charge in [0.05, 0.1) is 13.3 Å². The number of carbonyl (C=O) groups is 1. The molecule has 0 aromatic heterocycles. The summed E-state index contributed by atoms with van der Waals surface area (Å²) in [6, 6.07) is 21.5. The number of nitrogens with zero attached hydrogens (tertiary/aromatic N) is 1. The standard InChI is InChI=1S/C22H20N2O4/c1-27-21-13-17(7-12-20(21)25)14-23-24-22(26)18-8-10-19(11-9-18)28-15-16-5-3-2-4-6-16/h2-14,25H,15H2,1H3,(H,24,26)/b23-14+. The Balaban J connectivity index is 1.54. The van der Waals surface area contributed by atoms with Crippen molar-refractivity contribution in [1.82, 2.24) is 5.43 Å². The Bertz CT molecular complexity index is 954. The van der Waals surface area contributed by atoms with Gasteiger partial charge in [-0.05, 0) is 53.6 Å². The number of amides is 1. The molecule has 0 aliphatic carbocycles. The Morgan fingerprint density at radius 2 is 1.82 bits per heavy atom. The van der Waals surface area contributed by atoms with E-state index in [1.807, 2.05) is 30.3 Å². The van der Waals surface area contributed by atoms with Crippen LogP contribution in [-0.4, -0.2) is 24.3 Å². The minimum Gasteiger partial charge on any atom is -0.504 e. The number of methoxy groups -OCH3 is 1. The quantitative estimate of drug-likeness (QED) is 0.486. The molecule has 0 bridgehead atoms. The van der Waals surface area contributed by atoms with Crippen molar-refractivity contribution in [1.29, 1.82) is 0 Å². The highest BCUT2D eigenvalue weighted by molar-refractivity contribution is 5.95. The number of ether oxygens (including phenoxy) is 2. The number of phenolic OH excluding ortho intramolecular Hbond substituents is 1. The molecule has 0 radical (unpaired) electrons. The molecule has 0 heterocycles. The molecule has 0 spiro atoms. The molecule has 1 amide bonds. The van der Waals surface area contributed by atoms with E-state index in [-0.39, 0.29) is 11.7 Å². The van der Waals surface area contributed by atoms with Crippen molar-refractivity contribution in [3.05, 3.63) is 89.5 Å². The van der Waals surface area contributed by atoms with E-state index >= 15 is 0 Å². The van der Waals surface area contributed by atoms with Crippen LogP contribution in [0, 0.1) is 0 Å². The molecule has 3 aromatic rings. The van der Waals surface area contributed by atoms with E-state index in [9.17, 15) is 9.90 Å². The van der Waals surface area contributed by atoms with Gasteiger partial charge in [-0.15, -0.1) is 0 Å². The Hall–Kier alpha value is -3.80. The average Bonchev–Trinajstić information content (AvgIpc) is 2.74. The third-order valence-corrected chi connectivity index (χ3v) is 3.95. The first-order valence-electron chi connectivity index (χ1n) is 8.63. The molecule has 3 aromatic carbocycles. The van der Waals surface area contributed by atoms with Gasteiger partial charge in [0, 0.05) is 5.56 Å². The summed E-state index contributed by atoms with van der Waals surface area (Å²) in [4.78, 5) is 12.2. The summed E-state index contributed by atoms with van der Waals surface area (Å²) >= 11 is 0. The van der Waals surface area contributed by atoms with Crippen molar-refractivity contribution in [2.45, 2.75) is 6.61 Å². The fraction of sp³-hybridized carbons (Fsp3) is 0.0909. The molecule has 0 saturated carbocycles. The van der Waals surface area contributed by atoms with Crippen molar-refractivity contribution in [3.63, 3.8) is 0 Å². The monoisotopic (exact) mass is 376 g/mol. The highest BCUT2D eigenvalue weighted by Gasteiger charge is 2.05. The maximum Gasteiger partial charge on any atom is 0.271 e. The van der Waals surface area contributed by atoms with Crippen LogP contribution < -0.4 is 14.9 Å². The third kappa shape index (κ3) is 5.11. The summed E-state index contributed by atoms with van der Waals surface area (Å²) in [5.74, 6) is 0.719. The zero-order valence-electron chi connectivity index (χ0n) is 15.3. The van der Waals surface area contributed by atoms with E-state index in [0.717, 1.165) is 5.56 Å². The molecule has 3 rings (SSSR count). The molecular weight excluding hydrogens is 356 g/mol. The molecular formula is C22H20N2O4. The lowest BCUT2D eigenvalue weighted by Gasteiger charge is -2.07. The van der Waals surface area contributed by atoms with Crippen LogP contribution in [0.4, 0.5) is 0 Å². The molecule has 0 atom stereocenters. The topological polar surface area (TPSA) is 80.2 Å². The summed E-state index contributed by atoms with van der Waals surface area (Å²) in [6.07, 6.45) is 1.47. The molecule has 0 unspecified atom stereocenters. The van der Waals surface area contributed by atoms with Crippen LogP contribution in [0.5, 0.6) is 17.2 Å². The van der Waals surface area contributed by atoms with E-state index in [2.05, 4.69) is 10.5 Å². The highest BCUT2D eigenvalue weighted by atomic mass is 16.5. The predicted molar refractivity (Wildman–Crippen MR) is 107 cm³/mol. The van der Waals surface area contributed by atoms with Gasteiger partial charge in [0.15, 0.2) is 11.5 Å². The summed E-state index contributed by atoms with van der Waals surface area (Å²) in [7, 11) is 1.46. The van der Waals surface area contributed by atoms with Gasteiger partial charge in [0.25, 0.3) is 5.91 Å². The Morgan fingerprint density at radius 3 is 2.54 bits per heavy atom. The van der Waals surface area contributed by atoms with Gasteiger partial charge in [-0.25, -0.2) is 5.43 Å². The van der Waals surface area contributed by atoms with Crippen LogP contribution in [0.3, 0.4) is 0 Å². The van der Waals surface area contributed by atoms with E-state index in [1.165, 1.54) is 19.4 Å². The molecule has 28 heavy (non-hydrogen) atoms. The van der Waals surface area contributed by atoms with Gasteiger partial charge in [-0.3, -0.25) is 4.79 Å². The Labute approximate surface area is 163 Å². The first kappa shape index (κ1) is 19.0. The number of hydrogen-bond donors (Lipinski definition) is 2.